The Balaban J connectivity index is 1.66. The highest BCUT2D eigenvalue weighted by Gasteiger charge is 2.17. The lowest BCUT2D eigenvalue weighted by atomic mass is 9.89. The van der Waals surface area contributed by atoms with Crippen LogP contribution in [0.2, 0.25) is 0 Å². The van der Waals surface area contributed by atoms with Crippen molar-refractivity contribution < 1.29 is 4.74 Å². The van der Waals surface area contributed by atoms with Crippen LogP contribution in [0.4, 0.5) is 0 Å². The van der Waals surface area contributed by atoms with Crippen LogP contribution < -0.4 is 0 Å². The molecule has 0 amide bonds. The van der Waals surface area contributed by atoms with E-state index in [0.29, 0.717) is 0 Å². The molecule has 0 saturated heterocycles. The normalized spacial score (nSPS) is 18.1. The molecule has 108 valence electrons. The van der Waals surface area contributed by atoms with Crippen LogP contribution >= 0.6 is 15.9 Å². The third-order valence-electron chi connectivity index (χ3n) is 4.70. The third kappa shape index (κ3) is 2.56. The summed E-state index contributed by atoms with van der Waals surface area (Å²) in [5, 5.41) is 0. The van der Waals surface area contributed by atoms with Crippen LogP contribution in [-0.2, 0) is 30.8 Å². The minimum absolute atomic E-state index is 0.274. The van der Waals surface area contributed by atoms with Gasteiger partial charge in [0.05, 0.1) is 18.0 Å². The van der Waals surface area contributed by atoms with Gasteiger partial charge in [0, 0.05) is 0 Å². The van der Waals surface area contributed by atoms with Crippen LogP contribution in [0.3, 0.4) is 0 Å². The minimum atomic E-state index is 0.274. The molecule has 1 aliphatic carbocycles. The Labute approximate surface area is 134 Å². The number of hydrogen-bond donors (Lipinski definition) is 0. The van der Waals surface area contributed by atoms with Crippen molar-refractivity contribution in [3.63, 3.8) is 0 Å². The van der Waals surface area contributed by atoms with Gasteiger partial charge in [-0.2, -0.15) is 0 Å². The van der Waals surface area contributed by atoms with Crippen molar-refractivity contribution in [3.8, 4) is 0 Å². The monoisotopic (exact) mass is 342 g/mol. The summed E-state index contributed by atoms with van der Waals surface area (Å²) in [6.07, 6.45) is 5.16. The van der Waals surface area contributed by atoms with Crippen LogP contribution in [0.5, 0.6) is 0 Å². The van der Waals surface area contributed by atoms with Gasteiger partial charge in [0.2, 0.25) is 0 Å². The minimum Gasteiger partial charge on any atom is -0.372 e. The first-order valence-electron chi connectivity index (χ1n) is 7.76. The van der Waals surface area contributed by atoms with Gasteiger partial charge in [0.15, 0.2) is 0 Å². The summed E-state index contributed by atoms with van der Waals surface area (Å²) in [5.74, 6) is 0. The van der Waals surface area contributed by atoms with Gasteiger partial charge in [-0.15, -0.1) is 0 Å². The van der Waals surface area contributed by atoms with Crippen molar-refractivity contribution >= 4 is 15.9 Å². The van der Waals surface area contributed by atoms with Gasteiger partial charge in [-0.3, -0.25) is 0 Å². The SMILES string of the molecule is BrC(c1ccc2c(c1)CCCC2)c1ccc2c(c1)COC2. The maximum atomic E-state index is 5.51. The van der Waals surface area contributed by atoms with E-state index in [4.69, 9.17) is 4.74 Å². The standard InChI is InChI=1S/C19H19BrO/c20-19(16-7-8-17-11-21-12-18(17)10-16)15-6-5-13-3-1-2-4-14(13)9-15/h5-10,19H,1-4,11-12H2. The first-order valence-corrected chi connectivity index (χ1v) is 8.68. The molecular formula is C19H19BrO. The van der Waals surface area contributed by atoms with Crippen molar-refractivity contribution in [2.75, 3.05) is 0 Å². The number of alkyl halides is 1. The van der Waals surface area contributed by atoms with Crippen molar-refractivity contribution in [2.45, 2.75) is 43.7 Å². The van der Waals surface area contributed by atoms with E-state index in [-0.39, 0.29) is 4.83 Å². The van der Waals surface area contributed by atoms with E-state index in [1.165, 1.54) is 47.9 Å². The van der Waals surface area contributed by atoms with Crippen molar-refractivity contribution in [1.82, 2.24) is 0 Å². The third-order valence-corrected chi connectivity index (χ3v) is 5.76. The molecule has 2 aromatic rings. The summed E-state index contributed by atoms with van der Waals surface area (Å²) >= 11 is 3.89. The number of hydrogen-bond acceptors (Lipinski definition) is 1. The highest BCUT2D eigenvalue weighted by Crippen LogP contribution is 2.35. The number of aryl methyl sites for hydroxylation is 2. The Morgan fingerprint density at radius 2 is 1.38 bits per heavy atom. The molecule has 0 bridgehead atoms. The topological polar surface area (TPSA) is 9.23 Å². The molecule has 1 nitrogen and oxygen atoms in total. The summed E-state index contributed by atoms with van der Waals surface area (Å²) in [6, 6.07) is 13.7. The average molecular weight is 343 g/mol. The van der Waals surface area contributed by atoms with E-state index >= 15 is 0 Å². The predicted octanol–water partition coefficient (Wildman–Crippen LogP) is 5.08. The van der Waals surface area contributed by atoms with E-state index < -0.39 is 0 Å². The van der Waals surface area contributed by atoms with Crippen molar-refractivity contribution in [3.05, 3.63) is 69.8 Å². The summed E-state index contributed by atoms with van der Waals surface area (Å²) in [4.78, 5) is 0.274. The molecule has 0 radical (unpaired) electrons. The van der Waals surface area contributed by atoms with Crippen molar-refractivity contribution in [2.24, 2.45) is 0 Å². The van der Waals surface area contributed by atoms with Crippen LogP contribution in [0.25, 0.3) is 0 Å². The second-order valence-corrected chi connectivity index (χ2v) is 7.03. The van der Waals surface area contributed by atoms with E-state index in [2.05, 4.69) is 52.3 Å². The molecule has 0 fully saturated rings. The van der Waals surface area contributed by atoms with Gasteiger partial charge in [-0.1, -0.05) is 52.3 Å². The number of fused-ring (bicyclic) bond motifs is 2. The molecule has 0 spiro atoms. The van der Waals surface area contributed by atoms with E-state index in [9.17, 15) is 0 Å². The zero-order valence-electron chi connectivity index (χ0n) is 12.1. The number of benzene rings is 2. The average Bonchev–Trinajstić information content (AvgIpc) is 3.01. The molecule has 1 atom stereocenters. The number of ether oxygens (including phenoxy) is 1. The maximum absolute atomic E-state index is 5.51. The molecule has 4 rings (SSSR count). The molecule has 1 heterocycles. The van der Waals surface area contributed by atoms with Crippen molar-refractivity contribution in [1.29, 1.82) is 0 Å². The van der Waals surface area contributed by atoms with Gasteiger partial charge in [-0.25, -0.2) is 0 Å². The zero-order chi connectivity index (χ0) is 14.2. The Kier molecular flexibility index (Phi) is 3.60. The van der Waals surface area contributed by atoms with E-state index in [1.54, 1.807) is 11.1 Å². The zero-order valence-corrected chi connectivity index (χ0v) is 13.7. The van der Waals surface area contributed by atoms with Gasteiger partial charge in [0.25, 0.3) is 0 Å². The van der Waals surface area contributed by atoms with Crippen LogP contribution in [0.15, 0.2) is 36.4 Å². The second kappa shape index (κ2) is 5.58. The lowest BCUT2D eigenvalue weighted by Crippen LogP contribution is -2.04. The van der Waals surface area contributed by atoms with E-state index in [1.807, 2.05) is 0 Å². The Morgan fingerprint density at radius 1 is 0.762 bits per heavy atom. The molecule has 2 aliphatic rings. The number of rotatable bonds is 2. The summed E-state index contributed by atoms with van der Waals surface area (Å²) in [5.41, 5.74) is 8.48. The lowest BCUT2D eigenvalue weighted by Gasteiger charge is -2.19. The van der Waals surface area contributed by atoms with Crippen LogP contribution in [-0.4, -0.2) is 0 Å². The smallest absolute Gasteiger partial charge is 0.0725 e. The van der Waals surface area contributed by atoms with Crippen LogP contribution in [0, 0.1) is 0 Å². The Hall–Kier alpha value is -1.12. The van der Waals surface area contributed by atoms with Gasteiger partial charge >= 0.3 is 0 Å². The second-order valence-electron chi connectivity index (χ2n) is 6.12. The molecule has 0 saturated carbocycles. The molecule has 21 heavy (non-hydrogen) atoms. The first-order chi connectivity index (χ1) is 10.3. The molecule has 0 N–H and O–H groups in total. The first kappa shape index (κ1) is 13.5. The summed E-state index contributed by atoms with van der Waals surface area (Å²) in [6.45, 7) is 1.52. The quantitative estimate of drug-likeness (QED) is 0.691. The summed E-state index contributed by atoms with van der Waals surface area (Å²) < 4.78 is 5.51. The van der Waals surface area contributed by atoms with E-state index in [0.717, 1.165) is 13.2 Å². The van der Waals surface area contributed by atoms with Gasteiger partial charge in [0.1, 0.15) is 0 Å². The highest BCUT2D eigenvalue weighted by molar-refractivity contribution is 9.09. The summed E-state index contributed by atoms with van der Waals surface area (Å²) in [7, 11) is 0. The molecule has 2 heteroatoms. The molecule has 2 aromatic carbocycles. The molecular weight excluding hydrogens is 324 g/mol. The fourth-order valence-electron chi connectivity index (χ4n) is 3.45. The van der Waals surface area contributed by atoms with Gasteiger partial charge in [-0.05, 0) is 59.1 Å². The Morgan fingerprint density at radius 3 is 2.19 bits per heavy atom. The highest BCUT2D eigenvalue weighted by atomic mass is 79.9. The lowest BCUT2D eigenvalue weighted by molar-refractivity contribution is 0.134. The molecule has 1 aliphatic heterocycles. The fourth-order valence-corrected chi connectivity index (χ4v) is 4.02. The fraction of sp³-hybridized carbons (Fsp3) is 0.368. The largest absolute Gasteiger partial charge is 0.372 e. The predicted molar refractivity (Wildman–Crippen MR) is 88.8 cm³/mol. The number of halogens is 1. The van der Waals surface area contributed by atoms with Gasteiger partial charge < -0.3 is 4.74 Å². The Bertz CT molecular complexity index is 677. The molecule has 1 unspecified atom stereocenters. The molecule has 0 aromatic heterocycles. The van der Waals surface area contributed by atoms with Crippen LogP contribution in [0.1, 0.15) is 51.0 Å². The maximum Gasteiger partial charge on any atom is 0.0725 e.